The van der Waals surface area contributed by atoms with E-state index in [0.717, 1.165) is 27.6 Å². The Morgan fingerprint density at radius 1 is 0.846 bits per heavy atom. The van der Waals surface area contributed by atoms with E-state index in [0.29, 0.717) is 41.3 Å². The topological polar surface area (TPSA) is 93.6 Å². The van der Waals surface area contributed by atoms with Crippen LogP contribution in [-0.2, 0) is 11.4 Å². The zero-order valence-corrected chi connectivity index (χ0v) is 21.8. The molecule has 1 heterocycles. The second-order valence-corrected chi connectivity index (χ2v) is 9.20. The minimum Gasteiger partial charge on any atom is -0.493 e. The van der Waals surface area contributed by atoms with Crippen LogP contribution in [0.1, 0.15) is 18.4 Å². The maximum absolute atomic E-state index is 10.8. The molecule has 5 rings (SSSR count). The van der Waals surface area contributed by atoms with Crippen molar-refractivity contribution >= 4 is 40.0 Å². The van der Waals surface area contributed by atoms with Crippen LogP contribution in [0.2, 0.25) is 5.02 Å². The van der Waals surface area contributed by atoms with E-state index in [4.69, 9.17) is 31.2 Å². The van der Waals surface area contributed by atoms with Gasteiger partial charge >= 0.3 is 5.97 Å². The number of nitrogens with zero attached hydrogens (tertiary/aromatic N) is 2. The Hall–Kier alpha value is -4.62. The number of aliphatic carboxylic acids is 1. The number of carboxylic acid groups (broad SMARTS) is 1. The summed E-state index contributed by atoms with van der Waals surface area (Å²) in [7, 11) is 0. The number of benzene rings is 4. The lowest BCUT2D eigenvalue weighted by Crippen LogP contribution is -2.04. The van der Waals surface area contributed by atoms with Crippen molar-refractivity contribution in [3.63, 3.8) is 0 Å². The first-order valence-electron chi connectivity index (χ1n) is 12.5. The Morgan fingerprint density at radius 3 is 2.44 bits per heavy atom. The van der Waals surface area contributed by atoms with Crippen LogP contribution in [0.4, 0.5) is 11.6 Å². The highest BCUT2D eigenvalue weighted by molar-refractivity contribution is 6.31. The predicted molar refractivity (Wildman–Crippen MR) is 153 cm³/mol. The van der Waals surface area contributed by atoms with Crippen LogP contribution in [0.15, 0.2) is 97.1 Å². The van der Waals surface area contributed by atoms with Crippen molar-refractivity contribution in [2.75, 3.05) is 11.9 Å². The molecule has 4 aromatic carbocycles. The highest BCUT2D eigenvalue weighted by Crippen LogP contribution is 2.33. The number of hydrogen-bond donors (Lipinski definition) is 2. The van der Waals surface area contributed by atoms with E-state index in [1.807, 2.05) is 97.1 Å². The average molecular weight is 540 g/mol. The van der Waals surface area contributed by atoms with E-state index in [-0.39, 0.29) is 13.0 Å². The van der Waals surface area contributed by atoms with Crippen LogP contribution >= 0.6 is 11.6 Å². The van der Waals surface area contributed by atoms with Gasteiger partial charge in [0.1, 0.15) is 12.4 Å². The van der Waals surface area contributed by atoms with Gasteiger partial charge in [0.05, 0.1) is 12.3 Å². The third kappa shape index (κ3) is 6.64. The number of anilines is 2. The van der Waals surface area contributed by atoms with E-state index in [9.17, 15) is 4.79 Å². The molecule has 0 amide bonds. The molecular weight excluding hydrogens is 514 g/mol. The Kier molecular flexibility index (Phi) is 8.19. The maximum Gasteiger partial charge on any atom is 0.303 e. The highest BCUT2D eigenvalue weighted by atomic mass is 35.5. The zero-order valence-electron chi connectivity index (χ0n) is 21.0. The standard InChI is InChI=1S/C31H26ClN3O4/c32-25-14-5-4-11-22(25)20-39-29-19-27(21-9-2-1-3-10-21)34-31(35-29)33-26-15-6-13-24-23(26)12-7-16-28(24)38-18-8-17-30(36)37/h1-7,9-16,19H,8,17-18,20H2,(H,36,37)(H,33,34,35). The third-order valence-electron chi connectivity index (χ3n) is 6.03. The van der Waals surface area contributed by atoms with Gasteiger partial charge in [-0.1, -0.05) is 84.4 Å². The minimum absolute atomic E-state index is 0.0630. The quantitative estimate of drug-likeness (QED) is 0.168. The summed E-state index contributed by atoms with van der Waals surface area (Å²) >= 11 is 6.32. The number of rotatable bonds is 11. The number of hydrogen-bond acceptors (Lipinski definition) is 6. The van der Waals surface area contributed by atoms with Crippen LogP contribution in [0, 0.1) is 0 Å². The van der Waals surface area contributed by atoms with Crippen LogP contribution in [-0.4, -0.2) is 27.7 Å². The first-order chi connectivity index (χ1) is 19.1. The van der Waals surface area contributed by atoms with E-state index >= 15 is 0 Å². The van der Waals surface area contributed by atoms with Gasteiger partial charge < -0.3 is 19.9 Å². The predicted octanol–water partition coefficient (Wildman–Crippen LogP) is 7.52. The molecule has 0 fully saturated rings. The number of ether oxygens (including phenoxy) is 2. The smallest absolute Gasteiger partial charge is 0.303 e. The lowest BCUT2D eigenvalue weighted by molar-refractivity contribution is -0.137. The number of carboxylic acids is 1. The molecular formula is C31H26ClN3O4. The summed E-state index contributed by atoms with van der Waals surface area (Å²) in [5.74, 6) is 0.639. The van der Waals surface area contributed by atoms with Crippen molar-refractivity contribution in [2.45, 2.75) is 19.4 Å². The molecule has 7 nitrogen and oxygen atoms in total. The molecule has 0 atom stereocenters. The van der Waals surface area contributed by atoms with E-state index in [1.54, 1.807) is 0 Å². The Balaban J connectivity index is 1.44. The molecule has 2 N–H and O–H groups in total. The number of fused-ring (bicyclic) bond motifs is 1. The molecule has 196 valence electrons. The summed E-state index contributed by atoms with van der Waals surface area (Å²) in [4.78, 5) is 20.2. The SMILES string of the molecule is O=C(O)CCCOc1cccc2c(Nc3nc(OCc4ccccc4Cl)cc(-c4ccccc4)n3)cccc12. The van der Waals surface area contributed by atoms with Crippen LogP contribution < -0.4 is 14.8 Å². The van der Waals surface area contributed by atoms with Crippen molar-refractivity contribution < 1.29 is 19.4 Å². The molecule has 0 saturated heterocycles. The van der Waals surface area contributed by atoms with Crippen molar-refractivity contribution in [3.8, 4) is 22.9 Å². The van der Waals surface area contributed by atoms with Gasteiger partial charge in [-0.2, -0.15) is 4.98 Å². The molecule has 1 aromatic heterocycles. The van der Waals surface area contributed by atoms with Gasteiger partial charge in [0.15, 0.2) is 0 Å². The van der Waals surface area contributed by atoms with E-state index in [2.05, 4.69) is 10.3 Å². The number of nitrogens with one attached hydrogen (secondary N) is 1. The summed E-state index contributed by atoms with van der Waals surface area (Å²) in [6.07, 6.45) is 0.494. The van der Waals surface area contributed by atoms with Crippen molar-refractivity contribution in [1.82, 2.24) is 9.97 Å². The summed E-state index contributed by atoms with van der Waals surface area (Å²) < 4.78 is 12.0. The van der Waals surface area contributed by atoms with Crippen molar-refractivity contribution in [2.24, 2.45) is 0 Å². The molecule has 0 bridgehead atoms. The van der Waals surface area contributed by atoms with Crippen LogP contribution in [0.5, 0.6) is 11.6 Å². The fourth-order valence-corrected chi connectivity index (χ4v) is 4.31. The second-order valence-electron chi connectivity index (χ2n) is 8.79. The molecule has 0 saturated carbocycles. The lowest BCUT2D eigenvalue weighted by Gasteiger charge is -2.14. The minimum atomic E-state index is -0.837. The largest absolute Gasteiger partial charge is 0.493 e. The Bertz CT molecular complexity index is 1590. The molecule has 5 aromatic rings. The van der Waals surface area contributed by atoms with Crippen LogP contribution in [0.25, 0.3) is 22.0 Å². The third-order valence-corrected chi connectivity index (χ3v) is 6.40. The first kappa shape index (κ1) is 26.0. The molecule has 39 heavy (non-hydrogen) atoms. The Labute approximate surface area is 231 Å². The maximum atomic E-state index is 10.8. The van der Waals surface area contributed by atoms with Crippen molar-refractivity contribution in [1.29, 1.82) is 0 Å². The zero-order chi connectivity index (χ0) is 27.0. The van der Waals surface area contributed by atoms with Gasteiger partial charge in [0.25, 0.3) is 0 Å². The monoisotopic (exact) mass is 539 g/mol. The average Bonchev–Trinajstić information content (AvgIpc) is 2.95. The highest BCUT2D eigenvalue weighted by Gasteiger charge is 2.12. The van der Waals surface area contributed by atoms with Gasteiger partial charge in [0, 0.05) is 45.1 Å². The molecule has 0 radical (unpaired) electrons. The molecule has 0 spiro atoms. The lowest BCUT2D eigenvalue weighted by atomic mass is 10.1. The van der Waals surface area contributed by atoms with Gasteiger partial charge in [-0.05, 0) is 24.6 Å². The van der Waals surface area contributed by atoms with E-state index < -0.39 is 5.97 Å². The summed E-state index contributed by atoms with van der Waals surface area (Å²) in [6.45, 7) is 0.582. The normalized spacial score (nSPS) is 10.8. The van der Waals surface area contributed by atoms with Gasteiger partial charge in [-0.25, -0.2) is 4.98 Å². The number of carbonyl (C=O) groups is 1. The van der Waals surface area contributed by atoms with Gasteiger partial charge in [0.2, 0.25) is 11.8 Å². The molecule has 0 aliphatic carbocycles. The number of halogens is 1. The first-order valence-corrected chi connectivity index (χ1v) is 12.9. The molecule has 0 aliphatic heterocycles. The van der Waals surface area contributed by atoms with E-state index in [1.165, 1.54) is 0 Å². The van der Waals surface area contributed by atoms with Gasteiger partial charge in [-0.3, -0.25) is 4.79 Å². The molecule has 0 aliphatic rings. The summed E-state index contributed by atoms with van der Waals surface area (Å²) in [6, 6.07) is 30.8. The van der Waals surface area contributed by atoms with Gasteiger partial charge in [-0.15, -0.1) is 0 Å². The molecule has 8 heteroatoms. The Morgan fingerprint density at radius 2 is 1.62 bits per heavy atom. The number of aromatic nitrogens is 2. The summed E-state index contributed by atoms with van der Waals surface area (Å²) in [5, 5.41) is 14.7. The molecule has 0 unspecified atom stereocenters. The fraction of sp³-hybridized carbons (Fsp3) is 0.129. The second kappa shape index (κ2) is 12.3. The van der Waals surface area contributed by atoms with Crippen molar-refractivity contribution in [3.05, 3.63) is 108 Å². The fourth-order valence-electron chi connectivity index (χ4n) is 4.12. The summed E-state index contributed by atoms with van der Waals surface area (Å²) in [5.41, 5.74) is 3.30. The van der Waals surface area contributed by atoms with Crippen LogP contribution in [0.3, 0.4) is 0 Å².